The molecular weight excluding hydrogens is 270 g/mol. The molecule has 0 unspecified atom stereocenters. The minimum Gasteiger partial charge on any atom is -0.446 e. The fourth-order valence-corrected chi connectivity index (χ4v) is 2.57. The predicted octanol–water partition coefficient (Wildman–Crippen LogP) is 0.0264. The molecule has 0 aliphatic heterocycles. The summed E-state index contributed by atoms with van der Waals surface area (Å²) in [5.74, 6) is 1.00. The Kier molecular flexibility index (Phi) is 4.03. The third kappa shape index (κ3) is 3.22. The zero-order chi connectivity index (χ0) is 13.9. The van der Waals surface area contributed by atoms with Gasteiger partial charge >= 0.3 is 0 Å². The number of aryl methyl sites for hydroxylation is 1. The molecule has 0 aliphatic carbocycles. The highest BCUT2D eigenvalue weighted by Gasteiger charge is 2.18. The number of nitrogens with one attached hydrogen (secondary N) is 1. The monoisotopic (exact) mass is 285 g/mol. The lowest BCUT2D eigenvalue weighted by Crippen LogP contribution is -2.26. The van der Waals surface area contributed by atoms with Gasteiger partial charge in [-0.05, 0) is 12.1 Å². The molecule has 8 heteroatoms. The van der Waals surface area contributed by atoms with E-state index in [4.69, 9.17) is 9.52 Å². The van der Waals surface area contributed by atoms with Crippen LogP contribution in [-0.2, 0) is 30.1 Å². The third-order valence-corrected chi connectivity index (χ3v) is 3.95. The first kappa shape index (κ1) is 13.8. The Bertz CT molecular complexity index is 644. The molecule has 2 N–H and O–H groups in total. The normalized spacial score (nSPS) is 11.9. The first-order valence-corrected chi connectivity index (χ1v) is 7.16. The van der Waals surface area contributed by atoms with Gasteiger partial charge in [0.2, 0.25) is 5.09 Å². The molecule has 2 rings (SSSR count). The topological polar surface area (TPSA) is 97.4 Å². The molecule has 0 saturated carbocycles. The predicted molar refractivity (Wildman–Crippen MR) is 66.7 cm³/mol. The second-order valence-corrected chi connectivity index (χ2v) is 5.68. The SMILES string of the molecule is Cn1ccnc1CCNS(=O)(=O)c1ccc(CO)o1. The zero-order valence-corrected chi connectivity index (χ0v) is 11.2. The first-order chi connectivity index (χ1) is 9.03. The van der Waals surface area contributed by atoms with E-state index in [1.807, 2.05) is 11.6 Å². The third-order valence-electron chi connectivity index (χ3n) is 2.62. The maximum atomic E-state index is 11.9. The molecule has 0 bridgehead atoms. The van der Waals surface area contributed by atoms with Crippen molar-refractivity contribution in [1.82, 2.24) is 14.3 Å². The van der Waals surface area contributed by atoms with Gasteiger partial charge in [-0.2, -0.15) is 0 Å². The van der Waals surface area contributed by atoms with E-state index in [2.05, 4.69) is 9.71 Å². The van der Waals surface area contributed by atoms with Crippen LogP contribution in [0.15, 0.2) is 34.0 Å². The number of furan rings is 1. The van der Waals surface area contributed by atoms with Gasteiger partial charge in [-0.3, -0.25) is 0 Å². The number of nitrogens with zero attached hydrogens (tertiary/aromatic N) is 2. The Labute approximate surface area is 110 Å². The van der Waals surface area contributed by atoms with Crippen LogP contribution >= 0.6 is 0 Å². The van der Waals surface area contributed by atoms with E-state index in [9.17, 15) is 8.42 Å². The molecule has 0 spiro atoms. The number of aliphatic hydroxyl groups is 1. The average Bonchev–Trinajstić information content (AvgIpc) is 2.99. The van der Waals surface area contributed by atoms with Crippen LogP contribution in [0.25, 0.3) is 0 Å². The van der Waals surface area contributed by atoms with Crippen molar-refractivity contribution in [2.45, 2.75) is 18.1 Å². The summed E-state index contributed by atoms with van der Waals surface area (Å²) in [6.45, 7) is -0.106. The van der Waals surface area contributed by atoms with E-state index < -0.39 is 10.0 Å². The molecule has 104 valence electrons. The lowest BCUT2D eigenvalue weighted by molar-refractivity contribution is 0.236. The highest BCUT2D eigenvalue weighted by Crippen LogP contribution is 2.13. The molecule has 2 aromatic rings. The van der Waals surface area contributed by atoms with Crippen LogP contribution in [0.5, 0.6) is 0 Å². The van der Waals surface area contributed by atoms with E-state index >= 15 is 0 Å². The molecular formula is C11H15N3O4S. The van der Waals surface area contributed by atoms with Crippen molar-refractivity contribution >= 4 is 10.0 Å². The minimum atomic E-state index is -3.68. The van der Waals surface area contributed by atoms with Gasteiger partial charge in [0.1, 0.15) is 18.2 Å². The second kappa shape index (κ2) is 5.55. The summed E-state index contributed by atoms with van der Waals surface area (Å²) in [5.41, 5.74) is 0. The molecule has 7 nitrogen and oxygen atoms in total. The number of imidazole rings is 1. The standard InChI is InChI=1S/C11H15N3O4S/c1-14-7-6-12-10(14)4-5-13-19(16,17)11-3-2-9(8-15)18-11/h2-3,6-7,13,15H,4-5,8H2,1H3. The first-order valence-electron chi connectivity index (χ1n) is 5.68. The summed E-state index contributed by atoms with van der Waals surface area (Å²) in [5, 5.41) is 8.63. The molecule has 0 amide bonds. The van der Waals surface area contributed by atoms with Crippen molar-refractivity contribution in [1.29, 1.82) is 0 Å². The van der Waals surface area contributed by atoms with Crippen molar-refractivity contribution in [3.05, 3.63) is 36.1 Å². The second-order valence-electron chi connectivity index (χ2n) is 3.98. The summed E-state index contributed by atoms with van der Waals surface area (Å²) in [6, 6.07) is 2.74. The van der Waals surface area contributed by atoms with E-state index in [0.29, 0.717) is 6.42 Å². The van der Waals surface area contributed by atoms with Crippen LogP contribution in [0.3, 0.4) is 0 Å². The van der Waals surface area contributed by atoms with Gasteiger partial charge in [0.15, 0.2) is 0 Å². The smallest absolute Gasteiger partial charge is 0.273 e. The summed E-state index contributed by atoms with van der Waals surface area (Å²) < 4.78 is 33.0. The molecule has 0 atom stereocenters. The molecule has 0 aromatic carbocycles. The zero-order valence-electron chi connectivity index (χ0n) is 10.4. The van der Waals surface area contributed by atoms with E-state index in [0.717, 1.165) is 5.82 Å². The van der Waals surface area contributed by atoms with Gasteiger partial charge in [-0.25, -0.2) is 18.1 Å². The van der Waals surface area contributed by atoms with Gasteiger partial charge < -0.3 is 14.1 Å². The van der Waals surface area contributed by atoms with Crippen LogP contribution in [0.2, 0.25) is 0 Å². The Hall–Kier alpha value is -1.64. The Balaban J connectivity index is 1.96. The maximum Gasteiger partial charge on any atom is 0.273 e. The lowest BCUT2D eigenvalue weighted by Gasteiger charge is -2.04. The highest BCUT2D eigenvalue weighted by atomic mass is 32.2. The van der Waals surface area contributed by atoms with Crippen LogP contribution < -0.4 is 4.72 Å². The van der Waals surface area contributed by atoms with Crippen molar-refractivity contribution in [2.75, 3.05) is 6.54 Å². The van der Waals surface area contributed by atoms with Crippen LogP contribution in [0.1, 0.15) is 11.6 Å². The molecule has 0 aliphatic rings. The van der Waals surface area contributed by atoms with Gasteiger partial charge in [0, 0.05) is 32.4 Å². The Morgan fingerprint density at radius 2 is 2.26 bits per heavy atom. The quantitative estimate of drug-likeness (QED) is 0.780. The van der Waals surface area contributed by atoms with Crippen molar-refractivity contribution in [3.8, 4) is 0 Å². The summed E-state index contributed by atoms with van der Waals surface area (Å²) in [7, 11) is -1.84. The Morgan fingerprint density at radius 1 is 1.47 bits per heavy atom. The summed E-state index contributed by atoms with van der Waals surface area (Å²) in [4.78, 5) is 4.10. The largest absolute Gasteiger partial charge is 0.446 e. The molecule has 0 fully saturated rings. The van der Waals surface area contributed by atoms with Crippen molar-refractivity contribution < 1.29 is 17.9 Å². The molecule has 0 saturated heterocycles. The number of aromatic nitrogens is 2. The maximum absolute atomic E-state index is 11.9. The number of hydrogen-bond donors (Lipinski definition) is 2. The lowest BCUT2D eigenvalue weighted by atomic mass is 10.4. The molecule has 2 aromatic heterocycles. The van der Waals surface area contributed by atoms with Crippen LogP contribution in [0.4, 0.5) is 0 Å². The van der Waals surface area contributed by atoms with Gasteiger partial charge in [0.05, 0.1) is 0 Å². The average molecular weight is 285 g/mol. The van der Waals surface area contributed by atoms with E-state index in [1.54, 1.807) is 12.4 Å². The van der Waals surface area contributed by atoms with Crippen LogP contribution in [0, 0.1) is 0 Å². The number of aliphatic hydroxyl groups excluding tert-OH is 1. The summed E-state index contributed by atoms with van der Waals surface area (Å²) in [6.07, 6.45) is 3.93. The highest BCUT2D eigenvalue weighted by molar-refractivity contribution is 7.89. The molecule has 0 radical (unpaired) electrons. The van der Waals surface area contributed by atoms with Gasteiger partial charge in [-0.1, -0.05) is 0 Å². The fraction of sp³-hybridized carbons (Fsp3) is 0.364. The number of rotatable bonds is 6. The van der Waals surface area contributed by atoms with Gasteiger partial charge in [0.25, 0.3) is 10.0 Å². The van der Waals surface area contributed by atoms with Crippen molar-refractivity contribution in [3.63, 3.8) is 0 Å². The van der Waals surface area contributed by atoms with Crippen molar-refractivity contribution in [2.24, 2.45) is 7.05 Å². The number of sulfonamides is 1. The molecule has 19 heavy (non-hydrogen) atoms. The fourth-order valence-electron chi connectivity index (χ4n) is 1.59. The van der Waals surface area contributed by atoms with Gasteiger partial charge in [-0.15, -0.1) is 0 Å². The van der Waals surface area contributed by atoms with Crippen LogP contribution in [-0.4, -0.2) is 29.6 Å². The van der Waals surface area contributed by atoms with E-state index in [1.165, 1.54) is 12.1 Å². The number of hydrogen-bond acceptors (Lipinski definition) is 5. The minimum absolute atomic E-state index is 0.198. The van der Waals surface area contributed by atoms with E-state index in [-0.39, 0.29) is 24.0 Å². The summed E-state index contributed by atoms with van der Waals surface area (Å²) >= 11 is 0. The molecule has 2 heterocycles. The Morgan fingerprint density at radius 3 is 2.84 bits per heavy atom.